The molecule has 0 bridgehead atoms. The quantitative estimate of drug-likeness (QED) is 0.848. The standard InChI is InChI=1S/C13H17NO3S/c1-17-13(15)10-2-4-11(5-3-10)14-12-6-8-18(16)9-7-12/h2-5,12,14H,6-9H2,1H3. The number of ether oxygens (including phenoxy) is 1. The third-order valence-electron chi connectivity index (χ3n) is 3.06. The van der Waals surface area contributed by atoms with Gasteiger partial charge in [-0.15, -0.1) is 0 Å². The number of methoxy groups -OCH3 is 1. The molecule has 0 unspecified atom stereocenters. The molecule has 98 valence electrons. The first-order chi connectivity index (χ1) is 8.69. The Labute approximate surface area is 109 Å². The monoisotopic (exact) mass is 267 g/mol. The van der Waals surface area contributed by atoms with Crippen LogP contribution < -0.4 is 5.32 Å². The predicted molar refractivity (Wildman–Crippen MR) is 72.3 cm³/mol. The van der Waals surface area contributed by atoms with E-state index >= 15 is 0 Å². The average Bonchev–Trinajstić information content (AvgIpc) is 2.41. The Morgan fingerprint density at radius 1 is 1.28 bits per heavy atom. The zero-order valence-corrected chi connectivity index (χ0v) is 11.2. The molecule has 0 atom stereocenters. The minimum Gasteiger partial charge on any atom is -0.465 e. The minimum absolute atomic E-state index is 0.324. The van der Waals surface area contributed by atoms with E-state index in [2.05, 4.69) is 10.1 Å². The van der Waals surface area contributed by atoms with Crippen molar-refractivity contribution in [1.82, 2.24) is 0 Å². The number of hydrogen-bond donors (Lipinski definition) is 1. The molecule has 18 heavy (non-hydrogen) atoms. The molecule has 2 rings (SSSR count). The third kappa shape index (κ3) is 3.32. The molecular formula is C13H17NO3S. The Morgan fingerprint density at radius 3 is 2.44 bits per heavy atom. The molecule has 0 aromatic heterocycles. The number of hydrogen-bond acceptors (Lipinski definition) is 4. The topological polar surface area (TPSA) is 55.4 Å². The second-order valence-corrected chi connectivity index (χ2v) is 6.03. The molecule has 1 fully saturated rings. The molecule has 0 spiro atoms. The fourth-order valence-corrected chi connectivity index (χ4v) is 3.29. The zero-order chi connectivity index (χ0) is 13.0. The number of carbonyl (C=O) groups excluding carboxylic acids is 1. The van der Waals surface area contributed by atoms with Crippen LogP contribution in [0.5, 0.6) is 0 Å². The molecule has 1 aliphatic rings. The van der Waals surface area contributed by atoms with Crippen LogP contribution in [0, 0.1) is 0 Å². The van der Waals surface area contributed by atoms with Gasteiger partial charge in [0.15, 0.2) is 0 Å². The molecule has 1 aromatic carbocycles. The maximum absolute atomic E-state index is 11.3. The summed E-state index contributed by atoms with van der Waals surface area (Å²) in [5.41, 5.74) is 1.54. The van der Waals surface area contributed by atoms with Crippen molar-refractivity contribution in [3.8, 4) is 0 Å². The van der Waals surface area contributed by atoms with E-state index in [-0.39, 0.29) is 5.97 Å². The van der Waals surface area contributed by atoms with E-state index < -0.39 is 10.8 Å². The first-order valence-electron chi connectivity index (χ1n) is 5.99. The maximum Gasteiger partial charge on any atom is 0.337 e. The van der Waals surface area contributed by atoms with Crippen molar-refractivity contribution in [2.24, 2.45) is 0 Å². The van der Waals surface area contributed by atoms with E-state index in [0.29, 0.717) is 11.6 Å². The Kier molecular flexibility index (Phi) is 4.36. The van der Waals surface area contributed by atoms with E-state index in [4.69, 9.17) is 0 Å². The lowest BCUT2D eigenvalue weighted by atomic mass is 10.1. The molecular weight excluding hydrogens is 250 g/mol. The van der Waals surface area contributed by atoms with Crippen molar-refractivity contribution in [2.45, 2.75) is 18.9 Å². The van der Waals surface area contributed by atoms with Crippen molar-refractivity contribution in [1.29, 1.82) is 0 Å². The van der Waals surface area contributed by atoms with Crippen LogP contribution in [-0.2, 0) is 15.5 Å². The molecule has 0 radical (unpaired) electrons. The van der Waals surface area contributed by atoms with Crippen LogP contribution in [0.3, 0.4) is 0 Å². The van der Waals surface area contributed by atoms with Gasteiger partial charge < -0.3 is 10.1 Å². The Morgan fingerprint density at radius 2 is 1.89 bits per heavy atom. The van der Waals surface area contributed by atoms with Gasteiger partial charge in [-0.25, -0.2) is 4.79 Å². The molecule has 0 aliphatic carbocycles. The summed E-state index contributed by atoms with van der Waals surface area (Å²) < 4.78 is 15.9. The maximum atomic E-state index is 11.3. The van der Waals surface area contributed by atoms with Gasteiger partial charge in [0.1, 0.15) is 0 Å². The van der Waals surface area contributed by atoms with E-state index in [1.165, 1.54) is 7.11 Å². The van der Waals surface area contributed by atoms with E-state index in [1.54, 1.807) is 12.1 Å². The fourth-order valence-electron chi connectivity index (χ4n) is 1.99. The van der Waals surface area contributed by atoms with Crippen molar-refractivity contribution in [3.05, 3.63) is 29.8 Å². The number of anilines is 1. The molecule has 4 nitrogen and oxygen atoms in total. The van der Waals surface area contributed by atoms with Gasteiger partial charge in [0.25, 0.3) is 0 Å². The van der Waals surface area contributed by atoms with Crippen LogP contribution in [0.1, 0.15) is 23.2 Å². The Bertz CT molecular complexity index is 434. The van der Waals surface area contributed by atoms with Crippen LogP contribution in [0.25, 0.3) is 0 Å². The van der Waals surface area contributed by atoms with Crippen LogP contribution in [-0.4, -0.2) is 34.8 Å². The van der Waals surface area contributed by atoms with E-state index in [1.807, 2.05) is 12.1 Å². The highest BCUT2D eigenvalue weighted by Crippen LogP contribution is 2.17. The Balaban J connectivity index is 1.94. The summed E-state index contributed by atoms with van der Waals surface area (Å²) in [6, 6.07) is 7.62. The molecule has 1 N–H and O–H groups in total. The van der Waals surface area contributed by atoms with Gasteiger partial charge in [0.2, 0.25) is 0 Å². The number of nitrogens with one attached hydrogen (secondary N) is 1. The van der Waals surface area contributed by atoms with Crippen molar-refractivity contribution >= 4 is 22.5 Å². The summed E-state index contributed by atoms with van der Waals surface area (Å²) in [7, 11) is 0.740. The number of rotatable bonds is 3. The average molecular weight is 267 g/mol. The lowest BCUT2D eigenvalue weighted by molar-refractivity contribution is 0.0601. The molecule has 5 heteroatoms. The summed E-state index contributed by atoms with van der Waals surface area (Å²) in [5, 5.41) is 3.40. The largest absolute Gasteiger partial charge is 0.465 e. The summed E-state index contributed by atoms with van der Waals surface area (Å²) in [5.74, 6) is 1.23. The fraction of sp³-hybridized carbons (Fsp3) is 0.462. The van der Waals surface area contributed by atoms with Gasteiger partial charge in [-0.05, 0) is 37.1 Å². The lowest BCUT2D eigenvalue weighted by Gasteiger charge is -2.23. The summed E-state index contributed by atoms with van der Waals surface area (Å²) >= 11 is 0. The normalized spacial score (nSPS) is 23.4. The summed E-state index contributed by atoms with van der Waals surface area (Å²) in [4.78, 5) is 11.3. The predicted octanol–water partition coefficient (Wildman–Crippen LogP) is 1.80. The van der Waals surface area contributed by atoms with Gasteiger partial charge >= 0.3 is 5.97 Å². The second-order valence-electron chi connectivity index (χ2n) is 4.34. The lowest BCUT2D eigenvalue weighted by Crippen LogP contribution is -2.29. The van der Waals surface area contributed by atoms with Gasteiger partial charge in [0, 0.05) is 34.0 Å². The van der Waals surface area contributed by atoms with Gasteiger partial charge in [-0.2, -0.15) is 0 Å². The van der Waals surface area contributed by atoms with Crippen LogP contribution >= 0.6 is 0 Å². The SMILES string of the molecule is COC(=O)c1ccc(NC2CCS(=O)CC2)cc1. The summed E-state index contributed by atoms with van der Waals surface area (Å²) in [6.45, 7) is 0. The molecule has 1 aromatic rings. The molecule has 1 saturated heterocycles. The van der Waals surface area contributed by atoms with E-state index in [9.17, 15) is 9.00 Å². The molecule has 1 aliphatic heterocycles. The van der Waals surface area contributed by atoms with Crippen molar-refractivity contribution < 1.29 is 13.7 Å². The highest BCUT2D eigenvalue weighted by molar-refractivity contribution is 7.85. The zero-order valence-electron chi connectivity index (χ0n) is 10.3. The van der Waals surface area contributed by atoms with Crippen LogP contribution in [0.15, 0.2) is 24.3 Å². The highest BCUT2D eigenvalue weighted by atomic mass is 32.2. The van der Waals surface area contributed by atoms with Crippen molar-refractivity contribution in [3.63, 3.8) is 0 Å². The summed E-state index contributed by atoms with van der Waals surface area (Å²) in [6.07, 6.45) is 1.87. The molecule has 0 amide bonds. The smallest absolute Gasteiger partial charge is 0.337 e. The molecule has 0 saturated carbocycles. The van der Waals surface area contributed by atoms with Crippen LogP contribution in [0.2, 0.25) is 0 Å². The number of benzene rings is 1. The third-order valence-corrected chi connectivity index (χ3v) is 4.45. The van der Waals surface area contributed by atoms with E-state index in [0.717, 1.165) is 30.0 Å². The first kappa shape index (κ1) is 13.1. The molecule has 1 heterocycles. The Hall–Kier alpha value is -1.36. The minimum atomic E-state index is -0.631. The van der Waals surface area contributed by atoms with Crippen LogP contribution in [0.4, 0.5) is 5.69 Å². The number of carbonyl (C=O) groups is 1. The highest BCUT2D eigenvalue weighted by Gasteiger charge is 2.17. The van der Waals surface area contributed by atoms with Gasteiger partial charge in [0.05, 0.1) is 12.7 Å². The number of esters is 1. The van der Waals surface area contributed by atoms with Gasteiger partial charge in [-0.1, -0.05) is 0 Å². The second kappa shape index (κ2) is 6.00. The van der Waals surface area contributed by atoms with Gasteiger partial charge in [-0.3, -0.25) is 4.21 Å². The van der Waals surface area contributed by atoms with Crippen molar-refractivity contribution in [2.75, 3.05) is 23.9 Å². The first-order valence-corrected chi connectivity index (χ1v) is 7.48.